The predicted molar refractivity (Wildman–Crippen MR) is 114 cm³/mol. The number of esters is 1. The third kappa shape index (κ3) is 14.4. The number of ether oxygens (including phenoxy) is 3. The first kappa shape index (κ1) is 26.3. The van der Waals surface area contributed by atoms with Gasteiger partial charge in [0.05, 0.1) is 6.61 Å². The van der Waals surface area contributed by atoms with E-state index in [1.54, 1.807) is 0 Å². The summed E-state index contributed by atoms with van der Waals surface area (Å²) in [7, 11) is 0. The van der Waals surface area contributed by atoms with Crippen LogP contribution in [0.1, 0.15) is 81.1 Å². The van der Waals surface area contributed by atoms with E-state index in [-0.39, 0.29) is 17.7 Å². The number of hydrogen-bond acceptors (Lipinski definition) is 6. The predicted octanol–water partition coefficient (Wildman–Crippen LogP) is 4.83. The highest BCUT2D eigenvalue weighted by Gasteiger charge is 2.13. The summed E-state index contributed by atoms with van der Waals surface area (Å²) < 4.78 is 16.5. The monoisotopic (exact) mass is 398 g/mol. The minimum absolute atomic E-state index is 0.101. The molecule has 6 nitrogen and oxygen atoms in total. The molecule has 164 valence electrons. The van der Waals surface area contributed by atoms with Gasteiger partial charge in [0.25, 0.3) is 0 Å². The molecule has 1 heterocycles. The minimum atomic E-state index is -0.328. The molecule has 0 aliphatic carbocycles. The van der Waals surface area contributed by atoms with Gasteiger partial charge in [-0.1, -0.05) is 34.1 Å². The molecule has 0 spiro atoms. The van der Waals surface area contributed by atoms with E-state index in [0.717, 1.165) is 37.7 Å². The van der Waals surface area contributed by atoms with Gasteiger partial charge in [0, 0.05) is 25.8 Å². The number of carbonyl (C=O) groups is 1. The van der Waals surface area contributed by atoms with Crippen molar-refractivity contribution in [2.24, 2.45) is 5.92 Å². The van der Waals surface area contributed by atoms with Crippen molar-refractivity contribution >= 4 is 5.97 Å². The Bertz CT molecular complexity index is 495. The first-order valence-corrected chi connectivity index (χ1v) is 10.5. The molecule has 28 heavy (non-hydrogen) atoms. The number of carbonyl (C=O) groups excluding carboxylic acids is 1. The van der Waals surface area contributed by atoms with Crippen LogP contribution in [0.25, 0.3) is 0 Å². The molecule has 2 unspecified atom stereocenters. The first-order chi connectivity index (χ1) is 13.1. The second kappa shape index (κ2) is 14.3. The van der Waals surface area contributed by atoms with Gasteiger partial charge < -0.3 is 19.6 Å². The zero-order valence-corrected chi connectivity index (χ0v) is 19.2. The van der Waals surface area contributed by atoms with Gasteiger partial charge in [0.1, 0.15) is 11.7 Å². The average molecular weight is 399 g/mol. The molecule has 2 atom stereocenters. The molecule has 1 rings (SSSR count). The summed E-state index contributed by atoms with van der Waals surface area (Å²) in [6.07, 6.45) is 8.36. The standard InChI is InChI=1S/C16H30N2O2.C6H12O2/c1-5-13(4)8-9-19-12-15(7-3)20-16-10-14(6-2)11-17-18-16;1-5(7)8-6(2,3)4/h10-11,13,15,17-18H,5-9,12H2,1-4H3;1-4H3. The minimum Gasteiger partial charge on any atom is -0.472 e. The third-order valence-electron chi connectivity index (χ3n) is 4.13. The summed E-state index contributed by atoms with van der Waals surface area (Å²) in [5.41, 5.74) is 6.93. The van der Waals surface area contributed by atoms with Crippen molar-refractivity contribution in [1.82, 2.24) is 10.9 Å². The molecule has 0 saturated heterocycles. The highest BCUT2D eigenvalue weighted by atomic mass is 16.6. The Labute approximate surface area is 172 Å². The van der Waals surface area contributed by atoms with Crippen molar-refractivity contribution in [3.63, 3.8) is 0 Å². The van der Waals surface area contributed by atoms with Crippen LogP contribution in [0.15, 0.2) is 23.7 Å². The van der Waals surface area contributed by atoms with Gasteiger partial charge in [-0.15, -0.1) is 0 Å². The van der Waals surface area contributed by atoms with Gasteiger partial charge >= 0.3 is 5.97 Å². The van der Waals surface area contributed by atoms with Gasteiger partial charge in [0.2, 0.25) is 5.88 Å². The van der Waals surface area contributed by atoms with E-state index in [4.69, 9.17) is 14.2 Å². The normalized spacial score (nSPS) is 15.6. The van der Waals surface area contributed by atoms with Gasteiger partial charge in [-0.3, -0.25) is 10.2 Å². The van der Waals surface area contributed by atoms with Gasteiger partial charge in [-0.05, 0) is 51.5 Å². The average Bonchev–Trinajstić information content (AvgIpc) is 2.62. The lowest BCUT2D eigenvalue weighted by Gasteiger charge is -2.23. The van der Waals surface area contributed by atoms with Gasteiger partial charge in [-0.25, -0.2) is 0 Å². The number of allylic oxidation sites excluding steroid dienone is 2. The summed E-state index contributed by atoms with van der Waals surface area (Å²) >= 11 is 0. The van der Waals surface area contributed by atoms with Crippen molar-refractivity contribution in [2.45, 2.75) is 92.8 Å². The summed E-state index contributed by atoms with van der Waals surface area (Å²) in [6.45, 7) is 17.1. The van der Waals surface area contributed by atoms with E-state index < -0.39 is 0 Å². The molecule has 0 fully saturated rings. The second-order valence-electron chi connectivity index (χ2n) is 8.08. The van der Waals surface area contributed by atoms with E-state index in [1.807, 2.05) is 33.0 Å². The fourth-order valence-corrected chi connectivity index (χ4v) is 2.26. The zero-order valence-electron chi connectivity index (χ0n) is 19.2. The molecule has 0 amide bonds. The third-order valence-corrected chi connectivity index (χ3v) is 4.13. The summed E-state index contributed by atoms with van der Waals surface area (Å²) in [6, 6.07) is 0. The van der Waals surface area contributed by atoms with Crippen LogP contribution in [0, 0.1) is 5.92 Å². The lowest BCUT2D eigenvalue weighted by molar-refractivity contribution is -0.151. The summed E-state index contributed by atoms with van der Waals surface area (Å²) in [5.74, 6) is 1.29. The van der Waals surface area contributed by atoms with Crippen molar-refractivity contribution in [3.8, 4) is 0 Å². The highest BCUT2D eigenvalue weighted by Crippen LogP contribution is 2.12. The Morgan fingerprint density at radius 1 is 1.18 bits per heavy atom. The van der Waals surface area contributed by atoms with E-state index in [2.05, 4.69) is 38.5 Å². The van der Waals surface area contributed by atoms with Crippen LogP contribution in [0.4, 0.5) is 0 Å². The van der Waals surface area contributed by atoms with Crippen LogP contribution in [-0.4, -0.2) is 30.9 Å². The number of nitrogens with one attached hydrogen (secondary N) is 2. The fourth-order valence-electron chi connectivity index (χ4n) is 2.26. The van der Waals surface area contributed by atoms with Gasteiger partial charge in [0.15, 0.2) is 0 Å². The Morgan fingerprint density at radius 2 is 1.86 bits per heavy atom. The Balaban J connectivity index is 0.000000769. The highest BCUT2D eigenvalue weighted by molar-refractivity contribution is 5.66. The van der Waals surface area contributed by atoms with Crippen molar-refractivity contribution in [3.05, 3.63) is 23.7 Å². The fraction of sp³-hybridized carbons (Fsp3) is 0.773. The maximum Gasteiger partial charge on any atom is 0.303 e. The summed E-state index contributed by atoms with van der Waals surface area (Å²) in [4.78, 5) is 10.2. The van der Waals surface area contributed by atoms with Crippen LogP contribution < -0.4 is 10.9 Å². The zero-order chi connectivity index (χ0) is 21.6. The van der Waals surface area contributed by atoms with E-state index in [0.29, 0.717) is 6.61 Å². The quantitative estimate of drug-likeness (QED) is 0.406. The largest absolute Gasteiger partial charge is 0.472 e. The maximum absolute atomic E-state index is 10.2. The van der Waals surface area contributed by atoms with E-state index >= 15 is 0 Å². The Hall–Kier alpha value is -1.69. The van der Waals surface area contributed by atoms with E-state index in [9.17, 15) is 4.79 Å². The molecule has 0 aromatic carbocycles. The number of rotatable bonds is 10. The van der Waals surface area contributed by atoms with Crippen molar-refractivity contribution in [1.29, 1.82) is 0 Å². The Morgan fingerprint density at radius 3 is 2.32 bits per heavy atom. The molecule has 1 aliphatic heterocycles. The van der Waals surface area contributed by atoms with Crippen LogP contribution in [0.5, 0.6) is 0 Å². The molecule has 0 radical (unpaired) electrons. The topological polar surface area (TPSA) is 68.8 Å². The van der Waals surface area contributed by atoms with Crippen LogP contribution in [-0.2, 0) is 19.0 Å². The molecule has 0 aromatic rings. The molecule has 1 aliphatic rings. The molecular weight excluding hydrogens is 356 g/mol. The lowest BCUT2D eigenvalue weighted by Crippen LogP contribution is -2.33. The number of hydrogen-bond donors (Lipinski definition) is 2. The molecule has 6 heteroatoms. The number of hydrazine groups is 1. The van der Waals surface area contributed by atoms with Crippen LogP contribution in [0.3, 0.4) is 0 Å². The smallest absolute Gasteiger partial charge is 0.303 e. The summed E-state index contributed by atoms with van der Waals surface area (Å²) in [5, 5.41) is 0. The maximum atomic E-state index is 10.2. The van der Waals surface area contributed by atoms with E-state index in [1.165, 1.54) is 18.9 Å². The van der Waals surface area contributed by atoms with Crippen LogP contribution >= 0.6 is 0 Å². The lowest BCUT2D eigenvalue weighted by atomic mass is 10.1. The Kier molecular flexibility index (Phi) is 13.5. The van der Waals surface area contributed by atoms with Crippen LogP contribution in [0.2, 0.25) is 0 Å². The molecule has 0 bridgehead atoms. The van der Waals surface area contributed by atoms with Gasteiger partial charge in [-0.2, -0.15) is 0 Å². The molecular formula is C22H42N2O4. The SMILES string of the molecule is CC(=O)OC(C)(C)C.CCC1=CNNC(OC(CC)COCCC(C)CC)=C1. The molecule has 2 N–H and O–H groups in total. The molecule has 0 saturated carbocycles. The van der Waals surface area contributed by atoms with Crippen molar-refractivity contribution < 1.29 is 19.0 Å². The first-order valence-electron chi connectivity index (χ1n) is 10.5. The van der Waals surface area contributed by atoms with Crippen molar-refractivity contribution in [2.75, 3.05) is 13.2 Å². The second-order valence-corrected chi connectivity index (χ2v) is 8.08. The molecule has 0 aromatic heterocycles.